The number of aliphatic hydroxyl groups is 1. The van der Waals surface area contributed by atoms with Gasteiger partial charge >= 0.3 is 0 Å². The van der Waals surface area contributed by atoms with Gasteiger partial charge in [-0.3, -0.25) is 0 Å². The van der Waals surface area contributed by atoms with E-state index in [1.807, 2.05) is 21.0 Å². The average molecular weight is 225 g/mol. The average Bonchev–Trinajstić information content (AvgIpc) is 1.98. The van der Waals surface area contributed by atoms with Gasteiger partial charge in [0, 0.05) is 12.2 Å². The van der Waals surface area contributed by atoms with Gasteiger partial charge in [-0.25, -0.2) is 8.42 Å². The predicted octanol–water partition coefficient (Wildman–Crippen LogP) is -0.621. The molecule has 0 fully saturated rings. The van der Waals surface area contributed by atoms with Crippen molar-refractivity contribution in [3.8, 4) is 0 Å². The van der Waals surface area contributed by atoms with Crippen LogP contribution in [0.2, 0.25) is 0 Å². The highest BCUT2D eigenvalue weighted by Gasteiger charge is 2.23. The van der Waals surface area contributed by atoms with Crippen molar-refractivity contribution in [2.24, 2.45) is 0 Å². The quantitative estimate of drug-likeness (QED) is 0.483. The number of nitrogens with zero attached hydrogens (tertiary/aromatic N) is 1. The third-order valence-electron chi connectivity index (χ3n) is 2.66. The Bertz CT molecular complexity index is 261. The second kappa shape index (κ2) is 5.06. The van der Waals surface area contributed by atoms with E-state index in [4.69, 9.17) is 5.11 Å². The maximum Gasteiger partial charge on any atom is 0.102 e. The number of quaternary nitrogens is 1. The van der Waals surface area contributed by atoms with Gasteiger partial charge in [0.05, 0.1) is 36.9 Å². The molecular weight excluding hydrogens is 206 g/mol. The van der Waals surface area contributed by atoms with Crippen LogP contribution in [0.3, 0.4) is 0 Å². The second-order valence-electron chi connectivity index (χ2n) is 4.13. The molecule has 0 aromatic rings. The van der Waals surface area contributed by atoms with Crippen LogP contribution in [0.15, 0.2) is 0 Å². The summed E-state index contributed by atoms with van der Waals surface area (Å²) in [6, 6.07) is 0.0471. The minimum atomic E-state index is -4.12. The summed E-state index contributed by atoms with van der Waals surface area (Å²) < 4.78 is 31.7. The molecule has 0 radical (unpaired) electrons. The minimum absolute atomic E-state index is 0.0471. The molecule has 0 aliphatic rings. The van der Waals surface area contributed by atoms with Crippen LogP contribution in [0.4, 0.5) is 0 Å². The highest BCUT2D eigenvalue weighted by Crippen LogP contribution is 2.10. The third kappa shape index (κ3) is 5.54. The molecule has 0 aromatic carbocycles. The zero-order valence-corrected chi connectivity index (χ0v) is 9.75. The fourth-order valence-electron chi connectivity index (χ4n) is 1.14. The number of rotatable bonds is 6. The smallest absolute Gasteiger partial charge is 0.102 e. The van der Waals surface area contributed by atoms with E-state index in [9.17, 15) is 13.0 Å². The largest absolute Gasteiger partial charge is 0.748 e. The SMILES string of the molecule is CC(CCS(=O)(=O)[O-])[N+](C)(C)CCO. The van der Waals surface area contributed by atoms with Crippen LogP contribution in [0.1, 0.15) is 13.3 Å². The summed E-state index contributed by atoms with van der Waals surface area (Å²) in [5, 5.41) is 8.78. The molecule has 0 amide bonds. The number of likely N-dealkylation sites (N-methyl/N-ethyl adjacent to an activating group) is 1. The monoisotopic (exact) mass is 225 g/mol. The molecule has 0 saturated carbocycles. The first-order chi connectivity index (χ1) is 6.19. The van der Waals surface area contributed by atoms with Crippen molar-refractivity contribution in [3.63, 3.8) is 0 Å². The minimum Gasteiger partial charge on any atom is -0.748 e. The molecule has 86 valence electrons. The van der Waals surface area contributed by atoms with Crippen LogP contribution in [-0.2, 0) is 10.1 Å². The van der Waals surface area contributed by atoms with Gasteiger partial charge in [-0.2, -0.15) is 0 Å². The second-order valence-corrected chi connectivity index (χ2v) is 5.65. The molecule has 0 bridgehead atoms. The van der Waals surface area contributed by atoms with Crippen molar-refractivity contribution < 1.29 is 22.6 Å². The zero-order valence-electron chi connectivity index (χ0n) is 8.93. The van der Waals surface area contributed by atoms with E-state index in [2.05, 4.69) is 0 Å². The first-order valence-corrected chi connectivity index (χ1v) is 6.14. The van der Waals surface area contributed by atoms with Crippen LogP contribution in [0, 0.1) is 0 Å². The molecule has 14 heavy (non-hydrogen) atoms. The van der Waals surface area contributed by atoms with Crippen LogP contribution in [0.25, 0.3) is 0 Å². The van der Waals surface area contributed by atoms with Crippen molar-refractivity contribution in [2.75, 3.05) is 33.0 Å². The molecule has 1 unspecified atom stereocenters. The van der Waals surface area contributed by atoms with Gasteiger partial charge in [-0.05, 0) is 6.92 Å². The summed E-state index contributed by atoms with van der Waals surface area (Å²) >= 11 is 0. The van der Waals surface area contributed by atoms with E-state index in [0.29, 0.717) is 17.4 Å². The molecule has 6 heteroatoms. The molecule has 0 aliphatic heterocycles. The van der Waals surface area contributed by atoms with Gasteiger partial charge in [0.25, 0.3) is 0 Å². The summed E-state index contributed by atoms with van der Waals surface area (Å²) in [6.45, 7) is 2.49. The Morgan fingerprint density at radius 3 is 2.29 bits per heavy atom. The third-order valence-corrected chi connectivity index (χ3v) is 3.39. The van der Waals surface area contributed by atoms with Gasteiger partial charge in [-0.1, -0.05) is 0 Å². The standard InChI is InChI=1S/C8H19NO4S/c1-8(4-7-14(11,12)13)9(2,3)5-6-10/h8,10H,4-7H2,1-3H3. The van der Waals surface area contributed by atoms with Crippen molar-refractivity contribution in [1.82, 2.24) is 0 Å². The number of aliphatic hydroxyl groups excluding tert-OH is 1. The molecule has 5 nitrogen and oxygen atoms in total. The van der Waals surface area contributed by atoms with E-state index < -0.39 is 10.1 Å². The van der Waals surface area contributed by atoms with Crippen molar-refractivity contribution >= 4 is 10.1 Å². The van der Waals surface area contributed by atoms with E-state index in [-0.39, 0.29) is 18.4 Å². The van der Waals surface area contributed by atoms with E-state index in [1.54, 1.807) is 0 Å². The van der Waals surface area contributed by atoms with Gasteiger partial charge in [0.1, 0.15) is 6.54 Å². The molecule has 0 saturated heterocycles. The Balaban J connectivity index is 4.14. The lowest BCUT2D eigenvalue weighted by atomic mass is 10.2. The first kappa shape index (κ1) is 13.8. The Labute approximate surface area is 85.7 Å². The number of hydrogen-bond donors (Lipinski definition) is 1. The fraction of sp³-hybridized carbons (Fsp3) is 1.00. The summed E-state index contributed by atoms with van der Waals surface area (Å²) in [6.07, 6.45) is 0.332. The van der Waals surface area contributed by atoms with Gasteiger partial charge in [0.15, 0.2) is 0 Å². The Morgan fingerprint density at radius 1 is 1.43 bits per heavy atom. The summed E-state index contributed by atoms with van der Waals surface area (Å²) in [4.78, 5) is 0. The molecule has 1 atom stereocenters. The Hall–Kier alpha value is -0.170. The predicted molar refractivity (Wildman–Crippen MR) is 52.7 cm³/mol. The summed E-state index contributed by atoms with van der Waals surface area (Å²) in [5.41, 5.74) is 0. The van der Waals surface area contributed by atoms with Crippen LogP contribution in [-0.4, -0.2) is 61.6 Å². The summed E-state index contributed by atoms with van der Waals surface area (Å²) in [7, 11) is -0.315. The van der Waals surface area contributed by atoms with Crippen molar-refractivity contribution in [3.05, 3.63) is 0 Å². The molecule has 0 aliphatic carbocycles. The van der Waals surface area contributed by atoms with E-state index in [0.717, 1.165) is 0 Å². The van der Waals surface area contributed by atoms with Crippen molar-refractivity contribution in [2.45, 2.75) is 19.4 Å². The number of hydrogen-bond acceptors (Lipinski definition) is 4. The lowest BCUT2D eigenvalue weighted by Gasteiger charge is -2.35. The van der Waals surface area contributed by atoms with Crippen LogP contribution >= 0.6 is 0 Å². The summed E-state index contributed by atoms with van der Waals surface area (Å²) in [5.74, 6) is -0.332. The normalized spacial score (nSPS) is 15.5. The molecule has 1 N–H and O–H groups in total. The Kier molecular flexibility index (Phi) is 5.00. The maximum atomic E-state index is 10.4. The van der Waals surface area contributed by atoms with Gasteiger partial charge < -0.3 is 14.1 Å². The molecule has 0 heterocycles. The molecule has 0 spiro atoms. The molecule has 0 aromatic heterocycles. The van der Waals surface area contributed by atoms with Gasteiger partial charge in [-0.15, -0.1) is 0 Å². The first-order valence-electron chi connectivity index (χ1n) is 4.56. The van der Waals surface area contributed by atoms with Gasteiger partial charge in [0.2, 0.25) is 0 Å². The van der Waals surface area contributed by atoms with Crippen molar-refractivity contribution in [1.29, 1.82) is 0 Å². The van der Waals surface area contributed by atoms with E-state index >= 15 is 0 Å². The van der Waals surface area contributed by atoms with E-state index in [1.165, 1.54) is 0 Å². The van der Waals surface area contributed by atoms with Crippen LogP contribution in [0.5, 0.6) is 0 Å². The topological polar surface area (TPSA) is 77.4 Å². The fourth-order valence-corrected chi connectivity index (χ4v) is 1.77. The lowest BCUT2D eigenvalue weighted by Crippen LogP contribution is -2.49. The Morgan fingerprint density at radius 2 is 1.93 bits per heavy atom. The highest BCUT2D eigenvalue weighted by molar-refractivity contribution is 7.85. The highest BCUT2D eigenvalue weighted by atomic mass is 32.2. The molecular formula is C8H19NO4S. The maximum absolute atomic E-state index is 10.4. The molecule has 0 rings (SSSR count). The van der Waals surface area contributed by atoms with Crippen LogP contribution < -0.4 is 0 Å². The lowest BCUT2D eigenvalue weighted by molar-refractivity contribution is -0.913. The zero-order chi connectivity index (χ0) is 11.4.